The van der Waals surface area contributed by atoms with Gasteiger partial charge in [-0.2, -0.15) is 5.26 Å². The minimum atomic E-state index is -0.854. The Balaban J connectivity index is 1.27. The summed E-state index contributed by atoms with van der Waals surface area (Å²) in [5.41, 5.74) is 2.74. The smallest absolute Gasteiger partial charge is 0.408 e. The summed E-state index contributed by atoms with van der Waals surface area (Å²) in [6.07, 6.45) is 1.61. The van der Waals surface area contributed by atoms with Crippen LogP contribution in [-0.4, -0.2) is 55.0 Å². The first-order valence-corrected chi connectivity index (χ1v) is 13.0. The van der Waals surface area contributed by atoms with Crippen LogP contribution in [0.1, 0.15) is 25.3 Å². The van der Waals surface area contributed by atoms with E-state index in [1.54, 1.807) is 30.3 Å². The van der Waals surface area contributed by atoms with Crippen molar-refractivity contribution in [2.75, 3.05) is 26.4 Å². The van der Waals surface area contributed by atoms with Crippen molar-refractivity contribution in [1.82, 2.24) is 15.2 Å². The zero-order chi connectivity index (χ0) is 26.6. The SMILES string of the molecule is CCCOCCn1c(=O)oc2ccc(-c3ccc(C[C@@H](C#N)NC(=O)[C@@H]4C[C@@H]5COC[C@@H]5N4)c(F)c3)cc21. The molecule has 0 bridgehead atoms. The van der Waals surface area contributed by atoms with Crippen LogP contribution in [0.2, 0.25) is 0 Å². The molecule has 2 aliphatic rings. The Labute approximate surface area is 219 Å². The van der Waals surface area contributed by atoms with Gasteiger partial charge in [0.15, 0.2) is 5.58 Å². The van der Waals surface area contributed by atoms with Crippen molar-refractivity contribution in [3.8, 4) is 17.2 Å². The molecule has 38 heavy (non-hydrogen) atoms. The number of aromatic nitrogens is 1. The van der Waals surface area contributed by atoms with Gasteiger partial charge < -0.3 is 24.5 Å². The van der Waals surface area contributed by atoms with Gasteiger partial charge in [-0.25, -0.2) is 9.18 Å². The molecule has 10 heteroatoms. The zero-order valence-corrected chi connectivity index (χ0v) is 21.2. The van der Waals surface area contributed by atoms with Gasteiger partial charge in [-0.15, -0.1) is 0 Å². The normalized spacial score (nSPS) is 21.3. The van der Waals surface area contributed by atoms with Crippen LogP contribution in [0.5, 0.6) is 0 Å². The van der Waals surface area contributed by atoms with Gasteiger partial charge in [0.2, 0.25) is 5.91 Å². The molecule has 0 saturated carbocycles. The molecule has 2 saturated heterocycles. The number of carbonyl (C=O) groups excluding carboxylic acids is 1. The number of rotatable bonds is 10. The Kier molecular flexibility index (Phi) is 7.88. The molecule has 0 radical (unpaired) electrons. The lowest BCUT2D eigenvalue weighted by Crippen LogP contribution is -2.47. The average Bonchev–Trinajstić information content (AvgIpc) is 3.60. The van der Waals surface area contributed by atoms with Crippen molar-refractivity contribution < 1.29 is 23.1 Å². The quantitative estimate of drug-likeness (QED) is 0.393. The minimum absolute atomic E-state index is 0.0507. The largest absolute Gasteiger partial charge is 0.420 e. The minimum Gasteiger partial charge on any atom is -0.408 e. The summed E-state index contributed by atoms with van der Waals surface area (Å²) < 4.78 is 32.9. The first-order valence-electron chi connectivity index (χ1n) is 13.0. The van der Waals surface area contributed by atoms with Crippen molar-refractivity contribution in [1.29, 1.82) is 5.26 Å². The molecule has 0 spiro atoms. The molecule has 9 nitrogen and oxygen atoms in total. The molecule has 1 amide bonds. The summed E-state index contributed by atoms with van der Waals surface area (Å²) >= 11 is 0. The molecule has 200 valence electrons. The van der Waals surface area contributed by atoms with E-state index in [0.717, 1.165) is 12.0 Å². The summed E-state index contributed by atoms with van der Waals surface area (Å²) in [4.78, 5) is 25.0. The first kappa shape index (κ1) is 26.1. The van der Waals surface area contributed by atoms with Crippen LogP contribution in [0.4, 0.5) is 4.39 Å². The van der Waals surface area contributed by atoms with Crippen LogP contribution in [-0.2, 0) is 27.2 Å². The Morgan fingerprint density at radius 2 is 2.08 bits per heavy atom. The monoisotopic (exact) mass is 522 g/mol. The second kappa shape index (κ2) is 11.5. The van der Waals surface area contributed by atoms with E-state index in [9.17, 15) is 14.9 Å². The molecule has 0 unspecified atom stereocenters. The van der Waals surface area contributed by atoms with Gasteiger partial charge in [-0.05, 0) is 47.7 Å². The van der Waals surface area contributed by atoms with Crippen LogP contribution >= 0.6 is 0 Å². The summed E-state index contributed by atoms with van der Waals surface area (Å²) in [5, 5.41) is 15.6. The maximum absolute atomic E-state index is 15.1. The standard InChI is InChI=1S/C28H31FN4O5/c1-2-8-36-9-7-33-25-13-18(5-6-26(25)38-28(33)35)17-3-4-19(22(29)11-17)10-21(14-30)31-27(34)23-12-20-15-37-16-24(20)32-23/h3-6,11,13,20-21,23-24,32H,2,7-10,12,15-16H2,1H3,(H,31,34)/t20-,21+,23+,24+/m1/s1. The van der Waals surface area contributed by atoms with Crippen molar-refractivity contribution in [2.45, 2.75) is 50.9 Å². The van der Waals surface area contributed by atoms with Crippen molar-refractivity contribution in [3.63, 3.8) is 0 Å². The van der Waals surface area contributed by atoms with E-state index in [1.165, 1.54) is 10.6 Å². The van der Waals surface area contributed by atoms with Crippen LogP contribution in [0, 0.1) is 23.1 Å². The second-order valence-corrected chi connectivity index (χ2v) is 9.87. The van der Waals surface area contributed by atoms with Gasteiger partial charge in [0.1, 0.15) is 11.9 Å². The summed E-state index contributed by atoms with van der Waals surface area (Å²) in [5.74, 6) is -0.878. The molecular weight excluding hydrogens is 491 g/mol. The Bertz CT molecular complexity index is 1400. The number of hydrogen-bond acceptors (Lipinski definition) is 7. The molecular formula is C28H31FN4O5. The summed E-state index contributed by atoms with van der Waals surface area (Å²) in [6, 6.07) is 11.1. The fraction of sp³-hybridized carbons (Fsp3) is 0.464. The topological polar surface area (TPSA) is 119 Å². The summed E-state index contributed by atoms with van der Waals surface area (Å²) in [7, 11) is 0. The van der Waals surface area contributed by atoms with Crippen molar-refractivity contribution in [3.05, 3.63) is 58.3 Å². The lowest BCUT2D eigenvalue weighted by atomic mass is 9.99. The first-order chi connectivity index (χ1) is 18.5. The summed E-state index contributed by atoms with van der Waals surface area (Å²) in [6.45, 7) is 4.60. The third-order valence-electron chi connectivity index (χ3n) is 7.23. The van der Waals surface area contributed by atoms with Crippen molar-refractivity contribution >= 4 is 17.0 Å². The molecule has 2 fully saturated rings. The number of benzene rings is 2. The van der Waals surface area contributed by atoms with Crippen molar-refractivity contribution in [2.24, 2.45) is 5.92 Å². The Hall–Kier alpha value is -3.52. The highest BCUT2D eigenvalue weighted by atomic mass is 19.1. The van der Waals surface area contributed by atoms with E-state index in [0.29, 0.717) is 67.5 Å². The lowest BCUT2D eigenvalue weighted by Gasteiger charge is -2.17. The molecule has 5 rings (SSSR count). The van der Waals surface area contributed by atoms with Gasteiger partial charge >= 0.3 is 5.76 Å². The Morgan fingerprint density at radius 3 is 2.84 bits per heavy atom. The van der Waals surface area contributed by atoms with Crippen LogP contribution in [0.15, 0.2) is 45.6 Å². The maximum Gasteiger partial charge on any atom is 0.420 e. The van der Waals surface area contributed by atoms with E-state index in [-0.39, 0.29) is 24.4 Å². The van der Waals surface area contributed by atoms with Crippen LogP contribution in [0.3, 0.4) is 0 Å². The molecule has 1 aromatic heterocycles. The molecule has 3 aromatic rings. The van der Waals surface area contributed by atoms with E-state index < -0.39 is 17.6 Å². The number of nitrogens with one attached hydrogen (secondary N) is 2. The van der Waals surface area contributed by atoms with E-state index >= 15 is 4.39 Å². The number of nitrogens with zero attached hydrogens (tertiary/aromatic N) is 2. The highest BCUT2D eigenvalue weighted by Crippen LogP contribution is 2.28. The van der Waals surface area contributed by atoms with Gasteiger partial charge in [0.05, 0.1) is 44.0 Å². The number of carbonyl (C=O) groups is 1. The predicted molar refractivity (Wildman–Crippen MR) is 138 cm³/mol. The van der Waals surface area contributed by atoms with Gasteiger partial charge in [-0.1, -0.05) is 25.1 Å². The van der Waals surface area contributed by atoms with E-state index in [2.05, 4.69) is 16.7 Å². The zero-order valence-electron chi connectivity index (χ0n) is 21.2. The van der Waals surface area contributed by atoms with E-state index in [1.807, 2.05) is 6.92 Å². The molecule has 2 aromatic carbocycles. The number of nitriles is 1. The third-order valence-corrected chi connectivity index (χ3v) is 7.23. The number of fused-ring (bicyclic) bond motifs is 2. The number of halogens is 1. The number of ether oxygens (including phenoxy) is 2. The average molecular weight is 523 g/mol. The molecule has 0 aliphatic carbocycles. The van der Waals surface area contributed by atoms with Crippen LogP contribution < -0.4 is 16.4 Å². The second-order valence-electron chi connectivity index (χ2n) is 9.87. The molecule has 3 heterocycles. The molecule has 4 atom stereocenters. The third kappa shape index (κ3) is 5.50. The number of amides is 1. The van der Waals surface area contributed by atoms with E-state index in [4.69, 9.17) is 13.9 Å². The fourth-order valence-corrected chi connectivity index (χ4v) is 5.20. The highest BCUT2D eigenvalue weighted by Gasteiger charge is 2.41. The molecule has 2 N–H and O–H groups in total. The van der Waals surface area contributed by atoms with Crippen LogP contribution in [0.25, 0.3) is 22.2 Å². The highest BCUT2D eigenvalue weighted by molar-refractivity contribution is 5.83. The van der Waals surface area contributed by atoms with Gasteiger partial charge in [0.25, 0.3) is 0 Å². The Morgan fingerprint density at radius 1 is 1.26 bits per heavy atom. The fourth-order valence-electron chi connectivity index (χ4n) is 5.20. The number of hydrogen-bond donors (Lipinski definition) is 2. The maximum atomic E-state index is 15.1. The predicted octanol–water partition coefficient (Wildman–Crippen LogP) is 2.75. The van der Waals surface area contributed by atoms with Gasteiger partial charge in [-0.3, -0.25) is 9.36 Å². The lowest BCUT2D eigenvalue weighted by molar-refractivity contribution is -0.123. The van der Waals surface area contributed by atoms with Gasteiger partial charge in [0, 0.05) is 25.0 Å². The number of oxazole rings is 1. The molecule has 2 aliphatic heterocycles.